The smallest absolute Gasteiger partial charge is 0.115 e. The van der Waals surface area contributed by atoms with Crippen molar-refractivity contribution in [1.29, 1.82) is 0 Å². The van der Waals surface area contributed by atoms with Gasteiger partial charge in [0, 0.05) is 7.11 Å². The van der Waals surface area contributed by atoms with Gasteiger partial charge in [-0.3, -0.25) is 0 Å². The van der Waals surface area contributed by atoms with Crippen molar-refractivity contribution in [2.24, 2.45) is 0 Å². The third-order valence-corrected chi connectivity index (χ3v) is 10.1. The second kappa shape index (κ2) is 12.3. The normalized spacial score (nSPS) is 12.6. The molecule has 0 amide bonds. The zero-order chi connectivity index (χ0) is 22.2. The van der Waals surface area contributed by atoms with Gasteiger partial charge < -0.3 is 21.7 Å². The Kier molecular flexibility index (Phi) is 10.1. The molecule has 0 saturated carbocycles. The van der Waals surface area contributed by atoms with Crippen LogP contribution in [0.4, 0.5) is 0 Å². The minimum absolute atomic E-state index is 0. The first-order valence-electron chi connectivity index (χ1n) is 10.9. The average Bonchev–Trinajstić information content (AvgIpc) is 2.81. The van der Waals surface area contributed by atoms with Crippen LogP contribution in [-0.2, 0) is 4.74 Å². The lowest BCUT2D eigenvalue weighted by Gasteiger charge is -2.26. The molecule has 0 bridgehead atoms. The fourth-order valence-electron chi connectivity index (χ4n) is 3.77. The fraction of sp³-hybridized carbons (Fsp3) is 0.241. The van der Waals surface area contributed by atoms with Crippen LogP contribution in [0.15, 0.2) is 115 Å². The summed E-state index contributed by atoms with van der Waals surface area (Å²) in [4.78, 5) is 0. The van der Waals surface area contributed by atoms with Gasteiger partial charge >= 0.3 is 0 Å². The van der Waals surface area contributed by atoms with Crippen molar-refractivity contribution in [3.05, 3.63) is 115 Å². The maximum Gasteiger partial charge on any atom is 0.115 e. The molecule has 3 heteroatoms. The lowest BCUT2D eigenvalue weighted by molar-refractivity contribution is -0.0000175. The molecular formula is C29H34BrOP. The zero-order valence-corrected chi connectivity index (χ0v) is 22.0. The highest BCUT2D eigenvalue weighted by Crippen LogP contribution is 2.55. The lowest BCUT2D eigenvalue weighted by atomic mass is 10.0. The molecule has 0 aliphatic heterocycles. The molecule has 0 N–H and O–H groups in total. The van der Waals surface area contributed by atoms with Gasteiger partial charge in [-0.05, 0) is 69.7 Å². The fourth-order valence-corrected chi connectivity index (χ4v) is 7.90. The number of ether oxygens (including phenoxy) is 1. The van der Waals surface area contributed by atoms with Gasteiger partial charge in [0.15, 0.2) is 0 Å². The second-order valence-electron chi connectivity index (χ2n) is 8.52. The van der Waals surface area contributed by atoms with Crippen LogP contribution in [0.25, 0.3) is 0 Å². The number of halogens is 1. The molecule has 3 rings (SSSR count). The van der Waals surface area contributed by atoms with Crippen LogP contribution >= 0.6 is 7.26 Å². The van der Waals surface area contributed by atoms with E-state index in [1.165, 1.54) is 21.5 Å². The molecular weight excluding hydrogens is 475 g/mol. The van der Waals surface area contributed by atoms with Gasteiger partial charge in [-0.15, -0.1) is 0 Å². The van der Waals surface area contributed by atoms with E-state index in [1.54, 1.807) is 7.11 Å². The highest BCUT2D eigenvalue weighted by Gasteiger charge is 2.44. The molecule has 0 fully saturated rings. The Morgan fingerprint density at radius 1 is 0.781 bits per heavy atom. The van der Waals surface area contributed by atoms with Gasteiger partial charge in [0.1, 0.15) is 23.2 Å². The number of allylic oxidation sites excluding steroid dienone is 3. The summed E-state index contributed by atoms with van der Waals surface area (Å²) in [6.45, 7) is 6.44. The summed E-state index contributed by atoms with van der Waals surface area (Å²) in [5.41, 5.74) is 1.16. The number of hydrogen-bond acceptors (Lipinski definition) is 1. The maximum absolute atomic E-state index is 5.54. The number of hydrogen-bond donors (Lipinski definition) is 0. The highest BCUT2D eigenvalue weighted by atomic mass is 79.9. The minimum Gasteiger partial charge on any atom is -1.00 e. The van der Waals surface area contributed by atoms with E-state index in [-0.39, 0.29) is 22.6 Å². The molecule has 0 spiro atoms. The van der Waals surface area contributed by atoms with E-state index in [4.69, 9.17) is 4.74 Å². The second-order valence-corrected chi connectivity index (χ2v) is 12.1. The van der Waals surface area contributed by atoms with Crippen molar-refractivity contribution in [1.82, 2.24) is 0 Å². The van der Waals surface area contributed by atoms with Crippen molar-refractivity contribution in [3.8, 4) is 0 Å². The third kappa shape index (κ3) is 6.51. The van der Waals surface area contributed by atoms with Gasteiger partial charge in [-0.1, -0.05) is 72.3 Å². The van der Waals surface area contributed by atoms with E-state index in [0.29, 0.717) is 0 Å². The highest BCUT2D eigenvalue weighted by molar-refractivity contribution is 7.95. The van der Waals surface area contributed by atoms with Crippen molar-refractivity contribution in [2.45, 2.75) is 32.8 Å². The Bertz CT molecular complexity index is 898. The molecule has 0 atom stereocenters. The van der Waals surface area contributed by atoms with Crippen LogP contribution in [0.5, 0.6) is 0 Å². The topological polar surface area (TPSA) is 9.23 Å². The van der Waals surface area contributed by atoms with Gasteiger partial charge in [0.2, 0.25) is 0 Å². The Balaban J connectivity index is 0.00000363. The van der Waals surface area contributed by atoms with Gasteiger partial charge in [-0.25, -0.2) is 0 Å². The Hall–Kier alpha value is -1.99. The molecule has 0 heterocycles. The lowest BCUT2D eigenvalue weighted by Crippen LogP contribution is -3.00. The Morgan fingerprint density at radius 2 is 1.19 bits per heavy atom. The summed E-state index contributed by atoms with van der Waals surface area (Å²) >= 11 is 0. The molecule has 0 aliphatic carbocycles. The molecule has 0 aliphatic rings. The van der Waals surface area contributed by atoms with Gasteiger partial charge in [-0.2, -0.15) is 0 Å². The van der Waals surface area contributed by atoms with E-state index in [9.17, 15) is 0 Å². The van der Waals surface area contributed by atoms with Crippen molar-refractivity contribution in [3.63, 3.8) is 0 Å². The SMILES string of the molecule is COC(C)(C)CC=CC(C)=CC[P+](c1ccccc1)(c1ccccc1)c1ccccc1.[Br-]. The van der Waals surface area contributed by atoms with E-state index in [1.807, 2.05) is 0 Å². The van der Waals surface area contributed by atoms with E-state index in [0.717, 1.165) is 12.6 Å². The largest absolute Gasteiger partial charge is 1.00 e. The number of rotatable bonds is 9. The number of benzene rings is 3. The van der Waals surface area contributed by atoms with Crippen LogP contribution < -0.4 is 32.9 Å². The summed E-state index contributed by atoms with van der Waals surface area (Å²) in [5.74, 6) is 0. The summed E-state index contributed by atoms with van der Waals surface area (Å²) in [5, 5.41) is 4.25. The van der Waals surface area contributed by atoms with Crippen molar-refractivity contribution < 1.29 is 21.7 Å². The molecule has 32 heavy (non-hydrogen) atoms. The predicted octanol–water partition coefficient (Wildman–Crippen LogP) is 3.30. The molecule has 3 aromatic carbocycles. The Labute approximate surface area is 205 Å². The maximum atomic E-state index is 5.54. The quantitative estimate of drug-likeness (QED) is 0.318. The summed E-state index contributed by atoms with van der Waals surface area (Å²) in [6.07, 6.45) is 8.76. The molecule has 168 valence electrons. The summed E-state index contributed by atoms with van der Waals surface area (Å²) in [7, 11) is -0.0398. The average molecular weight is 509 g/mol. The third-order valence-electron chi connectivity index (χ3n) is 5.82. The van der Waals surface area contributed by atoms with Crippen LogP contribution in [0.1, 0.15) is 27.2 Å². The molecule has 1 nitrogen and oxygen atoms in total. The summed E-state index contributed by atoms with van der Waals surface area (Å²) in [6, 6.07) is 33.1. The molecule has 0 saturated heterocycles. The van der Waals surface area contributed by atoms with Crippen LogP contribution in [0.3, 0.4) is 0 Å². The zero-order valence-electron chi connectivity index (χ0n) is 19.5. The standard InChI is InChI=1S/C29H34OP.BrH/c1-25(15-14-23-29(2,3)30-4)22-24-31(26-16-8-5-9-17-26,27-18-10-6-11-19-27)28-20-12-7-13-21-28;/h5-22H,23-24H2,1-4H3;1H/q+1;/p-1. The van der Waals surface area contributed by atoms with Crippen LogP contribution in [0.2, 0.25) is 0 Å². The van der Waals surface area contributed by atoms with Gasteiger partial charge in [0.05, 0.1) is 11.8 Å². The predicted molar refractivity (Wildman–Crippen MR) is 139 cm³/mol. The summed E-state index contributed by atoms with van der Waals surface area (Å²) < 4.78 is 5.54. The molecule has 0 aromatic heterocycles. The first kappa shape index (κ1) is 26.3. The molecule has 3 aromatic rings. The van der Waals surface area contributed by atoms with E-state index < -0.39 is 7.26 Å². The Morgan fingerprint density at radius 3 is 1.56 bits per heavy atom. The monoisotopic (exact) mass is 508 g/mol. The van der Waals surface area contributed by atoms with Crippen LogP contribution in [-0.4, -0.2) is 18.9 Å². The van der Waals surface area contributed by atoms with Crippen molar-refractivity contribution in [2.75, 3.05) is 13.3 Å². The van der Waals surface area contributed by atoms with Crippen LogP contribution in [0, 0.1) is 0 Å². The van der Waals surface area contributed by atoms with E-state index >= 15 is 0 Å². The first-order chi connectivity index (χ1) is 15.0. The first-order valence-corrected chi connectivity index (χ1v) is 12.9. The molecule has 0 unspecified atom stereocenters. The minimum atomic E-state index is -1.81. The van der Waals surface area contributed by atoms with E-state index in [2.05, 4.69) is 130 Å². The van der Waals surface area contributed by atoms with Crippen molar-refractivity contribution >= 4 is 23.2 Å². The van der Waals surface area contributed by atoms with Gasteiger partial charge in [0.25, 0.3) is 0 Å². The number of methoxy groups -OCH3 is 1. The molecule has 0 radical (unpaired) electrons.